The summed E-state index contributed by atoms with van der Waals surface area (Å²) < 4.78 is 7.42. The van der Waals surface area contributed by atoms with Gasteiger partial charge >= 0.3 is 6.01 Å². The van der Waals surface area contributed by atoms with Gasteiger partial charge in [-0.2, -0.15) is 15.0 Å². The lowest BCUT2D eigenvalue weighted by Crippen LogP contribution is -2.12. The molecule has 0 aliphatic rings. The monoisotopic (exact) mass is 290 g/mol. The van der Waals surface area contributed by atoms with Crippen LogP contribution >= 0.6 is 0 Å². The molecule has 7 nitrogen and oxygen atoms in total. The predicted molar refractivity (Wildman–Crippen MR) is 80.9 cm³/mol. The lowest BCUT2D eigenvalue weighted by atomic mass is 10.3. The molecule has 0 spiro atoms. The minimum Gasteiger partial charge on any atom is -0.463 e. The Morgan fingerprint density at radius 3 is 2.71 bits per heavy atom. The summed E-state index contributed by atoms with van der Waals surface area (Å²) in [5, 5.41) is 3.10. The van der Waals surface area contributed by atoms with Crippen molar-refractivity contribution in [2.75, 3.05) is 18.5 Å². The van der Waals surface area contributed by atoms with Crippen molar-refractivity contribution in [2.24, 2.45) is 0 Å². The van der Waals surface area contributed by atoms with Crippen LogP contribution in [-0.2, 0) is 6.42 Å². The largest absolute Gasteiger partial charge is 0.463 e. The molecule has 0 bridgehead atoms. The summed E-state index contributed by atoms with van der Waals surface area (Å²) >= 11 is 0. The first-order valence-electron chi connectivity index (χ1n) is 7.43. The van der Waals surface area contributed by atoms with Gasteiger partial charge in [-0.25, -0.2) is 4.98 Å². The van der Waals surface area contributed by atoms with Crippen LogP contribution in [0.1, 0.15) is 39.4 Å². The highest BCUT2D eigenvalue weighted by atomic mass is 16.5. The summed E-state index contributed by atoms with van der Waals surface area (Å²) in [6.45, 7) is 7.48. The fourth-order valence-corrected chi connectivity index (χ4v) is 1.87. The van der Waals surface area contributed by atoms with Gasteiger partial charge in [-0.15, -0.1) is 0 Å². The molecule has 1 N–H and O–H groups in total. The van der Waals surface area contributed by atoms with E-state index in [0.29, 0.717) is 24.5 Å². The van der Waals surface area contributed by atoms with Crippen LogP contribution in [0, 0.1) is 0 Å². The minimum absolute atomic E-state index is 0.342. The smallest absolute Gasteiger partial charge is 0.323 e. The average molecular weight is 290 g/mol. The number of nitrogens with one attached hydrogen (secondary N) is 1. The highest BCUT2D eigenvalue weighted by Gasteiger charge is 2.12. The fraction of sp³-hybridized carbons (Fsp3) is 0.571. The summed E-state index contributed by atoms with van der Waals surface area (Å²) in [6, 6.07) is 0.342. The maximum absolute atomic E-state index is 5.54. The Morgan fingerprint density at radius 2 is 2.00 bits per heavy atom. The molecule has 2 aromatic heterocycles. The van der Waals surface area contributed by atoms with Gasteiger partial charge in [0.25, 0.3) is 0 Å². The van der Waals surface area contributed by atoms with E-state index in [9.17, 15) is 0 Å². The van der Waals surface area contributed by atoms with Gasteiger partial charge < -0.3 is 10.1 Å². The first-order valence-corrected chi connectivity index (χ1v) is 7.43. The van der Waals surface area contributed by atoms with E-state index in [4.69, 9.17) is 4.74 Å². The number of aromatic nitrogens is 5. The van der Waals surface area contributed by atoms with Gasteiger partial charge in [0.15, 0.2) is 0 Å². The van der Waals surface area contributed by atoms with Gasteiger partial charge in [-0.3, -0.25) is 4.57 Å². The number of anilines is 1. The Morgan fingerprint density at radius 1 is 1.14 bits per heavy atom. The van der Waals surface area contributed by atoms with E-state index in [-0.39, 0.29) is 0 Å². The van der Waals surface area contributed by atoms with E-state index in [1.165, 1.54) is 0 Å². The Bertz CT molecular complexity index is 568. The number of imidazole rings is 1. The van der Waals surface area contributed by atoms with Crippen LogP contribution < -0.4 is 10.1 Å². The van der Waals surface area contributed by atoms with Gasteiger partial charge in [0.1, 0.15) is 5.82 Å². The molecule has 0 radical (unpaired) electrons. The van der Waals surface area contributed by atoms with Crippen molar-refractivity contribution in [2.45, 2.75) is 40.0 Å². The standard InChI is InChI=1S/C14H22N6O/c1-4-7-11-16-8-9-20(11)13-17-12(15-6-3)18-14(19-13)21-10-5-2/h8-9H,4-7,10H2,1-3H3,(H,15,17,18,19). The molecule has 0 fully saturated rings. The normalized spacial score (nSPS) is 10.6. The molecule has 0 aromatic carbocycles. The average Bonchev–Trinajstić information content (AvgIpc) is 2.94. The van der Waals surface area contributed by atoms with Gasteiger partial charge in [0.2, 0.25) is 11.9 Å². The Hall–Kier alpha value is -2.18. The summed E-state index contributed by atoms with van der Waals surface area (Å²) in [5.74, 6) is 1.99. The van der Waals surface area contributed by atoms with Crippen LogP contribution in [0.15, 0.2) is 12.4 Å². The van der Waals surface area contributed by atoms with E-state index >= 15 is 0 Å². The maximum Gasteiger partial charge on any atom is 0.323 e. The van der Waals surface area contributed by atoms with Crippen molar-refractivity contribution in [1.29, 1.82) is 0 Å². The number of ether oxygens (including phenoxy) is 1. The minimum atomic E-state index is 0.342. The molecule has 0 aliphatic heterocycles. The van der Waals surface area contributed by atoms with Crippen molar-refractivity contribution in [1.82, 2.24) is 24.5 Å². The van der Waals surface area contributed by atoms with Crippen molar-refractivity contribution < 1.29 is 4.74 Å². The lowest BCUT2D eigenvalue weighted by molar-refractivity contribution is 0.291. The third-order valence-corrected chi connectivity index (χ3v) is 2.78. The first-order chi connectivity index (χ1) is 10.3. The Kier molecular flexibility index (Phi) is 5.48. The van der Waals surface area contributed by atoms with Gasteiger partial charge in [0.05, 0.1) is 6.61 Å². The van der Waals surface area contributed by atoms with Crippen LogP contribution in [-0.4, -0.2) is 37.7 Å². The molecular weight excluding hydrogens is 268 g/mol. The molecular formula is C14H22N6O. The van der Waals surface area contributed by atoms with Crippen molar-refractivity contribution in [3.63, 3.8) is 0 Å². The fourth-order valence-electron chi connectivity index (χ4n) is 1.87. The molecule has 21 heavy (non-hydrogen) atoms. The molecule has 0 atom stereocenters. The number of nitrogens with zero attached hydrogens (tertiary/aromatic N) is 5. The van der Waals surface area contributed by atoms with E-state index in [1.807, 2.05) is 24.6 Å². The van der Waals surface area contributed by atoms with Crippen LogP contribution in [0.2, 0.25) is 0 Å². The maximum atomic E-state index is 5.54. The van der Waals surface area contributed by atoms with Gasteiger partial charge in [0, 0.05) is 25.4 Å². The van der Waals surface area contributed by atoms with Crippen LogP contribution in [0.3, 0.4) is 0 Å². The third-order valence-electron chi connectivity index (χ3n) is 2.78. The van der Waals surface area contributed by atoms with E-state index in [0.717, 1.165) is 31.6 Å². The quantitative estimate of drug-likeness (QED) is 0.803. The van der Waals surface area contributed by atoms with E-state index in [2.05, 4.69) is 32.2 Å². The summed E-state index contributed by atoms with van der Waals surface area (Å²) in [7, 11) is 0. The molecule has 0 unspecified atom stereocenters. The second kappa shape index (κ2) is 7.56. The van der Waals surface area contributed by atoms with Gasteiger partial charge in [-0.1, -0.05) is 13.8 Å². The molecule has 2 aromatic rings. The third kappa shape index (κ3) is 3.90. The van der Waals surface area contributed by atoms with Crippen molar-refractivity contribution in [3.05, 3.63) is 18.2 Å². The van der Waals surface area contributed by atoms with Gasteiger partial charge in [-0.05, 0) is 19.8 Å². The van der Waals surface area contributed by atoms with Crippen molar-refractivity contribution >= 4 is 5.95 Å². The second-order valence-corrected chi connectivity index (χ2v) is 4.58. The summed E-state index contributed by atoms with van der Waals surface area (Å²) in [4.78, 5) is 17.4. The second-order valence-electron chi connectivity index (χ2n) is 4.58. The Balaban J connectivity index is 2.36. The lowest BCUT2D eigenvalue weighted by Gasteiger charge is -2.10. The Labute approximate surface area is 124 Å². The zero-order valence-corrected chi connectivity index (χ0v) is 12.8. The zero-order chi connectivity index (χ0) is 15.1. The summed E-state index contributed by atoms with van der Waals surface area (Å²) in [5.41, 5.74) is 0. The van der Waals surface area contributed by atoms with Crippen molar-refractivity contribution in [3.8, 4) is 12.0 Å². The highest BCUT2D eigenvalue weighted by molar-refractivity contribution is 5.31. The SMILES string of the molecule is CCCOc1nc(NCC)nc(-n2ccnc2CCC)n1. The molecule has 0 aliphatic carbocycles. The number of hydrogen-bond donors (Lipinski definition) is 1. The molecule has 2 rings (SSSR count). The van der Waals surface area contributed by atoms with Crippen LogP contribution in [0.5, 0.6) is 6.01 Å². The van der Waals surface area contributed by atoms with E-state index < -0.39 is 0 Å². The number of rotatable bonds is 8. The predicted octanol–water partition coefficient (Wildman–Crippen LogP) is 2.23. The van der Waals surface area contributed by atoms with Crippen LogP contribution in [0.25, 0.3) is 5.95 Å². The highest BCUT2D eigenvalue weighted by Crippen LogP contribution is 2.14. The summed E-state index contributed by atoms with van der Waals surface area (Å²) in [6.07, 6.45) is 6.42. The molecule has 0 saturated carbocycles. The first kappa shape index (κ1) is 15.2. The zero-order valence-electron chi connectivity index (χ0n) is 12.8. The number of aryl methyl sites for hydroxylation is 1. The molecule has 7 heteroatoms. The number of hydrogen-bond acceptors (Lipinski definition) is 6. The van der Waals surface area contributed by atoms with E-state index in [1.54, 1.807) is 6.20 Å². The molecule has 114 valence electrons. The van der Waals surface area contributed by atoms with Crippen LogP contribution in [0.4, 0.5) is 5.95 Å². The molecule has 0 saturated heterocycles. The topological polar surface area (TPSA) is 77.8 Å². The molecule has 2 heterocycles. The molecule has 0 amide bonds.